The van der Waals surface area contributed by atoms with Gasteiger partial charge in [0.25, 0.3) is 0 Å². The molecule has 1 aliphatic heterocycles. The van der Waals surface area contributed by atoms with E-state index in [0.29, 0.717) is 17.0 Å². The molecule has 1 fully saturated rings. The highest BCUT2D eigenvalue weighted by Gasteiger charge is 2.26. The van der Waals surface area contributed by atoms with Crippen molar-refractivity contribution >= 4 is 16.9 Å². The number of nitrogens with one attached hydrogen (secondary N) is 2. The molecule has 0 spiro atoms. The zero-order valence-corrected chi connectivity index (χ0v) is 15.3. The Kier molecular flexibility index (Phi) is 5.23. The molecule has 1 aliphatic rings. The molecule has 5 nitrogen and oxygen atoms in total. The number of aryl methyl sites for hydroxylation is 1. The minimum absolute atomic E-state index is 0.0323. The second-order valence-corrected chi connectivity index (χ2v) is 7.00. The van der Waals surface area contributed by atoms with Gasteiger partial charge in [0.05, 0.1) is 30.8 Å². The fraction of sp³-hybridized carbons (Fsp3) is 0.500. The molecule has 2 atom stereocenters. The van der Waals surface area contributed by atoms with Crippen LogP contribution in [0, 0.1) is 6.92 Å². The first-order valence-electron chi connectivity index (χ1n) is 9.13. The summed E-state index contributed by atoms with van der Waals surface area (Å²) in [4.78, 5) is 29.7. The van der Waals surface area contributed by atoms with Gasteiger partial charge < -0.3 is 14.6 Å². The third kappa shape index (κ3) is 3.47. The third-order valence-corrected chi connectivity index (χ3v) is 5.51. The van der Waals surface area contributed by atoms with E-state index in [0.717, 1.165) is 36.3 Å². The van der Waals surface area contributed by atoms with Crippen molar-refractivity contribution in [2.75, 3.05) is 13.7 Å². The molecule has 0 aliphatic carbocycles. The Morgan fingerprint density at radius 3 is 2.88 bits per heavy atom. The van der Waals surface area contributed by atoms with E-state index in [1.807, 2.05) is 6.92 Å². The number of methoxy groups -OCH3 is 1. The number of rotatable bonds is 4. The van der Waals surface area contributed by atoms with E-state index < -0.39 is 5.97 Å². The van der Waals surface area contributed by atoms with Gasteiger partial charge in [-0.05, 0) is 50.8 Å². The van der Waals surface area contributed by atoms with E-state index in [2.05, 4.69) is 11.9 Å². The highest BCUT2D eigenvalue weighted by molar-refractivity contribution is 5.94. The third-order valence-electron chi connectivity index (χ3n) is 5.51. The van der Waals surface area contributed by atoms with Crippen LogP contribution >= 0.6 is 0 Å². The van der Waals surface area contributed by atoms with Crippen LogP contribution in [0.15, 0.2) is 23.0 Å². The van der Waals surface area contributed by atoms with E-state index in [-0.39, 0.29) is 5.43 Å². The topological polar surface area (TPSA) is 63.6 Å². The number of carbonyl (C=O) groups excluding carboxylic acids is 1. The Morgan fingerprint density at radius 1 is 1.36 bits per heavy atom. The van der Waals surface area contributed by atoms with Crippen molar-refractivity contribution in [2.24, 2.45) is 0 Å². The monoisotopic (exact) mass is 343 g/mol. The van der Waals surface area contributed by atoms with Crippen molar-refractivity contribution in [1.82, 2.24) is 4.98 Å². The molecule has 2 aromatic rings. The molecule has 2 N–H and O–H groups in total. The van der Waals surface area contributed by atoms with Crippen LogP contribution in [-0.4, -0.2) is 30.6 Å². The van der Waals surface area contributed by atoms with Gasteiger partial charge in [-0.2, -0.15) is 0 Å². The molecule has 25 heavy (non-hydrogen) atoms. The molecule has 0 saturated carbocycles. The molecule has 1 aromatic heterocycles. The summed E-state index contributed by atoms with van der Waals surface area (Å²) < 4.78 is 4.77. The minimum atomic E-state index is -0.420. The van der Waals surface area contributed by atoms with Crippen molar-refractivity contribution in [3.8, 4) is 0 Å². The van der Waals surface area contributed by atoms with Crippen LogP contribution < -0.4 is 10.3 Å². The van der Waals surface area contributed by atoms with E-state index >= 15 is 0 Å². The van der Waals surface area contributed by atoms with Crippen molar-refractivity contribution in [3.05, 3.63) is 45.2 Å². The number of hydrogen-bond acceptors (Lipinski definition) is 3. The number of quaternary nitrogens is 1. The minimum Gasteiger partial charge on any atom is -0.465 e. The lowest BCUT2D eigenvalue weighted by molar-refractivity contribution is -0.944. The first-order chi connectivity index (χ1) is 12.0. The standard InChI is InChI=1S/C20H26N2O3/c1-4-15-7-5-6-10-22(15)12-17-13(2)21-18-9-8-14(20(24)25-3)11-16(18)19(17)23/h8-9,11,15H,4-7,10,12H2,1-3H3,(H,21,23)/p+1/t15-/m0/s1. The zero-order chi connectivity index (χ0) is 18.0. The molecule has 0 radical (unpaired) electrons. The van der Waals surface area contributed by atoms with Gasteiger partial charge in [0.1, 0.15) is 6.54 Å². The number of pyridine rings is 1. The van der Waals surface area contributed by atoms with Crippen molar-refractivity contribution in [3.63, 3.8) is 0 Å². The van der Waals surface area contributed by atoms with Crippen LogP contribution in [0.5, 0.6) is 0 Å². The van der Waals surface area contributed by atoms with Crippen LogP contribution in [0.4, 0.5) is 0 Å². The number of H-pyrrole nitrogens is 1. The van der Waals surface area contributed by atoms with E-state index in [1.165, 1.54) is 31.3 Å². The van der Waals surface area contributed by atoms with Gasteiger partial charge in [0.15, 0.2) is 5.43 Å². The lowest BCUT2D eigenvalue weighted by Gasteiger charge is -2.32. The van der Waals surface area contributed by atoms with Gasteiger partial charge in [0.2, 0.25) is 0 Å². The summed E-state index contributed by atoms with van der Waals surface area (Å²) in [6.07, 6.45) is 4.90. The summed E-state index contributed by atoms with van der Waals surface area (Å²) in [5.41, 5.74) is 2.97. The number of fused-ring (bicyclic) bond motifs is 1. The van der Waals surface area contributed by atoms with Crippen LogP contribution in [0.1, 0.15) is 54.2 Å². The Bertz CT molecular complexity index is 841. The zero-order valence-electron chi connectivity index (χ0n) is 15.3. The first kappa shape index (κ1) is 17.7. The molecular formula is C20H27N2O3+. The Morgan fingerprint density at radius 2 is 2.16 bits per heavy atom. The van der Waals surface area contributed by atoms with Crippen molar-refractivity contribution < 1.29 is 14.4 Å². The molecular weight excluding hydrogens is 316 g/mol. The molecule has 5 heteroatoms. The number of piperidine rings is 1. The number of aromatic nitrogens is 1. The maximum absolute atomic E-state index is 13.1. The van der Waals surface area contributed by atoms with Crippen LogP contribution in [0.25, 0.3) is 10.9 Å². The van der Waals surface area contributed by atoms with Crippen LogP contribution in [-0.2, 0) is 11.3 Å². The first-order valence-corrected chi connectivity index (χ1v) is 9.13. The molecule has 1 unspecified atom stereocenters. The summed E-state index contributed by atoms with van der Waals surface area (Å²) in [5.74, 6) is -0.420. The van der Waals surface area contributed by atoms with Gasteiger partial charge in [-0.3, -0.25) is 4.79 Å². The van der Waals surface area contributed by atoms with Crippen molar-refractivity contribution in [2.45, 2.75) is 52.1 Å². The lowest BCUT2D eigenvalue weighted by atomic mass is 9.98. The fourth-order valence-electron chi connectivity index (χ4n) is 4.01. The molecule has 0 amide bonds. The second kappa shape index (κ2) is 7.40. The number of benzene rings is 1. The SMILES string of the molecule is CC[C@H]1CCCC[NH+]1Cc1c(C)[nH]c2ccc(C(=O)OC)cc2c1=O. The van der Waals surface area contributed by atoms with Gasteiger partial charge >= 0.3 is 5.97 Å². The number of likely N-dealkylation sites (tertiary alicyclic amines) is 1. The lowest BCUT2D eigenvalue weighted by Crippen LogP contribution is -3.15. The second-order valence-electron chi connectivity index (χ2n) is 7.00. The van der Waals surface area contributed by atoms with Gasteiger partial charge in [-0.15, -0.1) is 0 Å². The van der Waals surface area contributed by atoms with Crippen LogP contribution in [0.3, 0.4) is 0 Å². The normalized spacial score (nSPS) is 20.6. The number of hydrogen-bond donors (Lipinski definition) is 2. The molecule has 3 rings (SSSR count). The average molecular weight is 343 g/mol. The summed E-state index contributed by atoms with van der Waals surface area (Å²) >= 11 is 0. The molecule has 1 saturated heterocycles. The average Bonchev–Trinajstić information content (AvgIpc) is 2.64. The summed E-state index contributed by atoms with van der Waals surface area (Å²) in [6.45, 7) is 6.07. The van der Waals surface area contributed by atoms with E-state index in [4.69, 9.17) is 4.74 Å². The molecule has 2 heterocycles. The number of esters is 1. The predicted molar refractivity (Wildman–Crippen MR) is 98.1 cm³/mol. The van der Waals surface area contributed by atoms with Crippen LogP contribution in [0.2, 0.25) is 0 Å². The Hall–Kier alpha value is -2.14. The summed E-state index contributed by atoms with van der Waals surface area (Å²) in [7, 11) is 1.35. The van der Waals surface area contributed by atoms with E-state index in [1.54, 1.807) is 18.2 Å². The Balaban J connectivity index is 2.02. The highest BCUT2D eigenvalue weighted by atomic mass is 16.5. The quantitative estimate of drug-likeness (QED) is 0.835. The molecule has 134 valence electrons. The van der Waals surface area contributed by atoms with E-state index in [9.17, 15) is 9.59 Å². The largest absolute Gasteiger partial charge is 0.465 e. The maximum atomic E-state index is 13.1. The number of ether oxygens (including phenoxy) is 1. The van der Waals surface area contributed by atoms with Gasteiger partial charge in [-0.1, -0.05) is 6.92 Å². The fourth-order valence-corrected chi connectivity index (χ4v) is 4.01. The van der Waals surface area contributed by atoms with Gasteiger partial charge in [0, 0.05) is 16.6 Å². The molecule has 0 bridgehead atoms. The van der Waals surface area contributed by atoms with Crippen molar-refractivity contribution in [1.29, 1.82) is 0 Å². The highest BCUT2D eigenvalue weighted by Crippen LogP contribution is 2.15. The number of aromatic amines is 1. The summed E-state index contributed by atoms with van der Waals surface area (Å²) in [6, 6.07) is 5.74. The maximum Gasteiger partial charge on any atom is 0.337 e. The number of carbonyl (C=O) groups is 1. The molecule has 1 aromatic carbocycles. The summed E-state index contributed by atoms with van der Waals surface area (Å²) in [5, 5.41) is 0.563. The van der Waals surface area contributed by atoms with Gasteiger partial charge in [-0.25, -0.2) is 4.79 Å². The smallest absolute Gasteiger partial charge is 0.337 e. The Labute approximate surface area is 148 Å². The predicted octanol–water partition coefficient (Wildman–Crippen LogP) is 1.97.